The van der Waals surface area contributed by atoms with Crippen LogP contribution in [0.1, 0.15) is 36.0 Å². The zero-order chi connectivity index (χ0) is 11.7. The van der Waals surface area contributed by atoms with Gasteiger partial charge < -0.3 is 4.98 Å². The number of H-pyrrole nitrogens is 1. The number of thiophene rings is 1. The molecule has 3 heterocycles. The van der Waals surface area contributed by atoms with Gasteiger partial charge in [-0.3, -0.25) is 4.90 Å². The van der Waals surface area contributed by atoms with E-state index < -0.39 is 0 Å². The predicted molar refractivity (Wildman–Crippen MR) is 70.0 cm³/mol. The van der Waals surface area contributed by atoms with Crippen LogP contribution in [0.25, 0.3) is 0 Å². The van der Waals surface area contributed by atoms with Crippen LogP contribution < -0.4 is 0 Å². The molecule has 1 N–H and O–H groups in total. The molecule has 1 fully saturated rings. The minimum atomic E-state index is 0.476. The van der Waals surface area contributed by atoms with Crippen molar-refractivity contribution in [2.75, 3.05) is 6.54 Å². The van der Waals surface area contributed by atoms with E-state index in [0.717, 1.165) is 18.1 Å². The summed E-state index contributed by atoms with van der Waals surface area (Å²) in [6.45, 7) is 4.29. The average Bonchev–Trinajstić information content (AvgIpc) is 2.99. The Morgan fingerprint density at radius 2 is 2.53 bits per heavy atom. The lowest BCUT2D eigenvalue weighted by atomic mass is 10.2. The van der Waals surface area contributed by atoms with Crippen LogP contribution in [-0.4, -0.2) is 21.4 Å². The molecule has 3 rings (SSSR count). The molecule has 0 amide bonds. The Hall–Kier alpha value is -1.13. The first-order chi connectivity index (χ1) is 8.33. The van der Waals surface area contributed by atoms with Crippen molar-refractivity contribution in [2.24, 2.45) is 0 Å². The maximum atomic E-state index is 4.48. The van der Waals surface area contributed by atoms with Crippen LogP contribution in [0.2, 0.25) is 0 Å². The van der Waals surface area contributed by atoms with E-state index in [-0.39, 0.29) is 0 Å². The van der Waals surface area contributed by atoms with Gasteiger partial charge >= 0.3 is 0 Å². The van der Waals surface area contributed by atoms with Crippen molar-refractivity contribution in [1.82, 2.24) is 14.9 Å². The fourth-order valence-corrected chi connectivity index (χ4v) is 3.20. The summed E-state index contributed by atoms with van der Waals surface area (Å²) >= 11 is 1.77. The molecule has 0 unspecified atom stereocenters. The number of nitrogens with zero attached hydrogens (tertiary/aromatic N) is 2. The van der Waals surface area contributed by atoms with Gasteiger partial charge in [0.2, 0.25) is 0 Å². The summed E-state index contributed by atoms with van der Waals surface area (Å²) in [5, 5.41) is 4.39. The van der Waals surface area contributed by atoms with Gasteiger partial charge in [0, 0.05) is 18.4 Å². The minimum Gasteiger partial charge on any atom is -0.345 e. The van der Waals surface area contributed by atoms with Gasteiger partial charge in [-0.15, -0.1) is 0 Å². The van der Waals surface area contributed by atoms with Crippen LogP contribution in [0.3, 0.4) is 0 Å². The third-order valence-electron chi connectivity index (χ3n) is 3.37. The number of nitrogens with one attached hydrogen (secondary N) is 1. The second-order valence-electron chi connectivity index (χ2n) is 4.71. The number of imidazole rings is 1. The molecule has 1 aliphatic rings. The molecule has 1 aliphatic heterocycles. The van der Waals surface area contributed by atoms with Crippen molar-refractivity contribution in [3.8, 4) is 0 Å². The summed E-state index contributed by atoms with van der Waals surface area (Å²) in [6, 6.07) is 2.69. The summed E-state index contributed by atoms with van der Waals surface area (Å²) in [5.74, 6) is 1.13. The van der Waals surface area contributed by atoms with Gasteiger partial charge in [0.15, 0.2) is 0 Å². The lowest BCUT2D eigenvalue weighted by Gasteiger charge is -2.22. The summed E-state index contributed by atoms with van der Waals surface area (Å²) in [5.41, 5.74) is 2.58. The van der Waals surface area contributed by atoms with E-state index in [0.29, 0.717) is 6.04 Å². The fourth-order valence-electron chi connectivity index (χ4n) is 2.54. The Morgan fingerprint density at radius 3 is 3.24 bits per heavy atom. The zero-order valence-electron chi connectivity index (χ0n) is 10.0. The number of aryl methyl sites for hydroxylation is 1. The second-order valence-corrected chi connectivity index (χ2v) is 5.49. The highest BCUT2D eigenvalue weighted by molar-refractivity contribution is 7.07. The molecule has 0 aliphatic carbocycles. The monoisotopic (exact) mass is 247 g/mol. The molecule has 90 valence electrons. The molecule has 0 bridgehead atoms. The van der Waals surface area contributed by atoms with E-state index in [1.807, 2.05) is 6.20 Å². The highest BCUT2D eigenvalue weighted by Crippen LogP contribution is 2.31. The van der Waals surface area contributed by atoms with Gasteiger partial charge in [-0.05, 0) is 48.7 Å². The molecule has 0 aromatic carbocycles. The largest absolute Gasteiger partial charge is 0.345 e. The number of hydrogen-bond donors (Lipinski definition) is 1. The van der Waals surface area contributed by atoms with E-state index >= 15 is 0 Å². The molecule has 0 radical (unpaired) electrons. The van der Waals surface area contributed by atoms with E-state index in [2.05, 4.69) is 38.6 Å². The van der Waals surface area contributed by atoms with Crippen LogP contribution in [0, 0.1) is 6.92 Å². The molecule has 2 aromatic heterocycles. The number of hydrogen-bond acceptors (Lipinski definition) is 3. The molecule has 1 atom stereocenters. The van der Waals surface area contributed by atoms with Crippen molar-refractivity contribution in [3.05, 3.63) is 40.1 Å². The smallest absolute Gasteiger partial charge is 0.123 e. The standard InChI is InChI=1S/C13H17N3S/c1-10-7-14-13(15-10)12-3-2-5-16(12)8-11-4-6-17-9-11/h4,6-7,9,12H,2-3,5,8H2,1H3,(H,14,15)/t12-/m1/s1. The van der Waals surface area contributed by atoms with Crippen LogP contribution in [0.4, 0.5) is 0 Å². The Morgan fingerprint density at radius 1 is 1.59 bits per heavy atom. The molecular formula is C13H17N3S. The van der Waals surface area contributed by atoms with Crippen molar-refractivity contribution in [1.29, 1.82) is 0 Å². The lowest BCUT2D eigenvalue weighted by Crippen LogP contribution is -2.23. The van der Waals surface area contributed by atoms with Crippen LogP contribution in [0.15, 0.2) is 23.0 Å². The topological polar surface area (TPSA) is 31.9 Å². The maximum Gasteiger partial charge on any atom is 0.123 e. The number of aromatic nitrogens is 2. The summed E-state index contributed by atoms with van der Waals surface area (Å²) in [4.78, 5) is 10.4. The minimum absolute atomic E-state index is 0.476. The van der Waals surface area contributed by atoms with E-state index in [1.165, 1.54) is 24.9 Å². The second kappa shape index (κ2) is 4.63. The highest BCUT2D eigenvalue weighted by atomic mass is 32.1. The van der Waals surface area contributed by atoms with Gasteiger partial charge in [0.25, 0.3) is 0 Å². The third kappa shape index (κ3) is 2.28. The fraction of sp³-hybridized carbons (Fsp3) is 0.462. The van der Waals surface area contributed by atoms with E-state index in [4.69, 9.17) is 0 Å². The number of aromatic amines is 1. The Balaban J connectivity index is 1.76. The summed E-state index contributed by atoms with van der Waals surface area (Å²) in [6.07, 6.45) is 4.42. The first kappa shape index (κ1) is 11.0. The molecule has 1 saturated heterocycles. The third-order valence-corrected chi connectivity index (χ3v) is 4.10. The van der Waals surface area contributed by atoms with Crippen molar-refractivity contribution in [2.45, 2.75) is 32.4 Å². The van der Waals surface area contributed by atoms with Crippen molar-refractivity contribution in [3.63, 3.8) is 0 Å². The van der Waals surface area contributed by atoms with Crippen molar-refractivity contribution < 1.29 is 0 Å². The zero-order valence-corrected chi connectivity index (χ0v) is 10.8. The Kier molecular flexibility index (Phi) is 2.99. The molecule has 3 nitrogen and oxygen atoms in total. The van der Waals surface area contributed by atoms with Crippen LogP contribution in [-0.2, 0) is 6.54 Å². The molecular weight excluding hydrogens is 230 g/mol. The summed E-state index contributed by atoms with van der Waals surface area (Å²) in [7, 11) is 0. The van der Waals surface area contributed by atoms with Gasteiger partial charge in [-0.2, -0.15) is 11.3 Å². The number of likely N-dealkylation sites (tertiary alicyclic amines) is 1. The maximum absolute atomic E-state index is 4.48. The first-order valence-corrected chi connectivity index (χ1v) is 7.04. The van der Waals surface area contributed by atoms with Gasteiger partial charge in [-0.25, -0.2) is 4.98 Å². The van der Waals surface area contributed by atoms with Gasteiger partial charge in [-0.1, -0.05) is 0 Å². The highest BCUT2D eigenvalue weighted by Gasteiger charge is 2.27. The predicted octanol–water partition coefficient (Wildman–Crippen LogP) is 3.12. The SMILES string of the molecule is Cc1cnc([C@H]2CCCN2Cc2ccsc2)[nH]1. The number of rotatable bonds is 3. The molecule has 0 saturated carbocycles. The first-order valence-electron chi connectivity index (χ1n) is 6.09. The Labute approximate surface area is 106 Å². The normalized spacial score (nSPS) is 21.1. The Bertz CT molecular complexity index is 475. The van der Waals surface area contributed by atoms with Crippen LogP contribution >= 0.6 is 11.3 Å². The van der Waals surface area contributed by atoms with E-state index in [1.54, 1.807) is 11.3 Å². The van der Waals surface area contributed by atoms with Gasteiger partial charge in [0.1, 0.15) is 5.82 Å². The quantitative estimate of drug-likeness (QED) is 0.903. The molecule has 4 heteroatoms. The van der Waals surface area contributed by atoms with Gasteiger partial charge in [0.05, 0.1) is 6.04 Å². The van der Waals surface area contributed by atoms with E-state index in [9.17, 15) is 0 Å². The van der Waals surface area contributed by atoms with Crippen molar-refractivity contribution >= 4 is 11.3 Å². The summed E-state index contributed by atoms with van der Waals surface area (Å²) < 4.78 is 0. The molecule has 0 spiro atoms. The molecule has 2 aromatic rings. The molecule has 17 heavy (non-hydrogen) atoms. The van der Waals surface area contributed by atoms with Crippen LogP contribution in [0.5, 0.6) is 0 Å². The average molecular weight is 247 g/mol. The lowest BCUT2D eigenvalue weighted by molar-refractivity contribution is 0.241.